The molecule has 2 unspecified atom stereocenters. The SMILES string of the molecule is O=S(=O)(O)CC(O)CNC(CO)(CO)CO.O=S(=O)(O)CC(O)CNC(CO)(CO)CO. The largest absolute Gasteiger partial charge is 0.394 e. The van der Waals surface area contributed by atoms with Gasteiger partial charge in [0.15, 0.2) is 0 Å². The number of hydrogen-bond acceptors (Lipinski definition) is 14. The third-order valence-corrected chi connectivity index (χ3v) is 5.66. The van der Waals surface area contributed by atoms with Crippen LogP contribution >= 0.6 is 0 Å². The number of nitrogens with one attached hydrogen (secondary N) is 2. The molecule has 0 saturated carbocycles. The van der Waals surface area contributed by atoms with Gasteiger partial charge in [0.05, 0.1) is 62.9 Å². The van der Waals surface area contributed by atoms with E-state index in [1.54, 1.807) is 0 Å². The second kappa shape index (κ2) is 15.3. The van der Waals surface area contributed by atoms with E-state index in [0.717, 1.165) is 0 Å². The molecule has 0 saturated heterocycles. The molecule has 2 atom stereocenters. The molecule has 0 fully saturated rings. The molecule has 0 aliphatic carbocycles. The number of rotatable bonds is 16. The Labute approximate surface area is 185 Å². The van der Waals surface area contributed by atoms with E-state index in [-0.39, 0.29) is 13.1 Å². The summed E-state index contributed by atoms with van der Waals surface area (Å²) in [5.41, 5.74) is -2.78. The molecule has 32 heavy (non-hydrogen) atoms. The van der Waals surface area contributed by atoms with E-state index in [0.29, 0.717) is 0 Å². The first-order valence-electron chi connectivity index (χ1n) is 8.98. The van der Waals surface area contributed by atoms with Gasteiger partial charge in [-0.2, -0.15) is 16.8 Å². The summed E-state index contributed by atoms with van der Waals surface area (Å²) >= 11 is 0. The number of aliphatic hydroxyl groups excluding tert-OH is 8. The van der Waals surface area contributed by atoms with Crippen LogP contribution in [0.25, 0.3) is 0 Å². The molecule has 0 aliphatic rings. The minimum Gasteiger partial charge on any atom is -0.394 e. The summed E-state index contributed by atoms with van der Waals surface area (Å²) in [5.74, 6) is -1.73. The first-order chi connectivity index (χ1) is 14.6. The highest BCUT2D eigenvalue weighted by Crippen LogP contribution is 2.03. The van der Waals surface area contributed by atoms with E-state index in [1.165, 1.54) is 0 Å². The fourth-order valence-corrected chi connectivity index (χ4v) is 3.12. The number of aliphatic hydroxyl groups is 8. The quantitative estimate of drug-likeness (QED) is 0.0844. The van der Waals surface area contributed by atoms with Crippen LogP contribution in [0.15, 0.2) is 0 Å². The number of hydrogen-bond donors (Lipinski definition) is 12. The number of β-amino-alcohol motifs (C(OH)–C–C–N with tert-alkyl or cyclic N) is 2. The van der Waals surface area contributed by atoms with Crippen molar-refractivity contribution in [1.29, 1.82) is 0 Å². The molecule has 196 valence electrons. The van der Waals surface area contributed by atoms with Gasteiger partial charge in [-0.05, 0) is 0 Å². The summed E-state index contributed by atoms with van der Waals surface area (Å²) in [5, 5.41) is 76.6. The highest BCUT2D eigenvalue weighted by Gasteiger charge is 2.29. The predicted octanol–water partition coefficient (Wildman–Crippen LogP) is -6.92. The van der Waals surface area contributed by atoms with Gasteiger partial charge in [-0.15, -0.1) is 0 Å². The molecule has 16 nitrogen and oxygen atoms in total. The minimum atomic E-state index is -4.29. The smallest absolute Gasteiger partial charge is 0.267 e. The van der Waals surface area contributed by atoms with Crippen molar-refractivity contribution >= 4 is 20.2 Å². The molecule has 0 aromatic carbocycles. The minimum absolute atomic E-state index is 0.304. The van der Waals surface area contributed by atoms with Crippen molar-refractivity contribution in [2.45, 2.75) is 23.3 Å². The fraction of sp³-hybridized carbons (Fsp3) is 1.00. The Morgan fingerprint density at radius 1 is 0.562 bits per heavy atom. The monoisotopic (exact) mass is 518 g/mol. The summed E-state index contributed by atoms with van der Waals surface area (Å²) < 4.78 is 58.4. The zero-order valence-corrected chi connectivity index (χ0v) is 18.8. The summed E-state index contributed by atoms with van der Waals surface area (Å²) in [6.07, 6.45) is -2.81. The van der Waals surface area contributed by atoms with Crippen LogP contribution in [0.4, 0.5) is 0 Å². The topological polar surface area (TPSA) is 295 Å². The van der Waals surface area contributed by atoms with E-state index in [9.17, 15) is 27.0 Å². The lowest BCUT2D eigenvalue weighted by molar-refractivity contribution is 0.0338. The predicted molar refractivity (Wildman–Crippen MR) is 109 cm³/mol. The lowest BCUT2D eigenvalue weighted by Crippen LogP contribution is -2.57. The molecular formula is C14H34N2O14S2. The lowest BCUT2D eigenvalue weighted by Gasteiger charge is -2.29. The first-order valence-corrected chi connectivity index (χ1v) is 12.2. The van der Waals surface area contributed by atoms with Crippen LogP contribution in [-0.4, -0.2) is 154 Å². The van der Waals surface area contributed by atoms with E-state index < -0.39 is 94.7 Å². The Balaban J connectivity index is 0. The van der Waals surface area contributed by atoms with Crippen molar-refractivity contribution in [2.75, 3.05) is 64.2 Å². The van der Waals surface area contributed by atoms with E-state index >= 15 is 0 Å². The van der Waals surface area contributed by atoms with Gasteiger partial charge in [-0.25, -0.2) is 0 Å². The Kier molecular flexibility index (Phi) is 16.1. The average Bonchev–Trinajstić information content (AvgIpc) is 2.69. The van der Waals surface area contributed by atoms with E-state index in [2.05, 4.69) is 10.6 Å². The molecule has 0 bridgehead atoms. The van der Waals surface area contributed by atoms with Crippen LogP contribution in [0.3, 0.4) is 0 Å². The Bertz CT molecular complexity index is 618. The summed E-state index contributed by atoms with van der Waals surface area (Å²) in [7, 11) is -8.58. The van der Waals surface area contributed by atoms with Gasteiger partial charge in [0.1, 0.15) is 11.5 Å². The van der Waals surface area contributed by atoms with Crippen molar-refractivity contribution in [3.05, 3.63) is 0 Å². The van der Waals surface area contributed by atoms with Gasteiger partial charge in [0.25, 0.3) is 20.2 Å². The van der Waals surface area contributed by atoms with Crippen LogP contribution in [-0.2, 0) is 20.2 Å². The third-order valence-electron chi connectivity index (χ3n) is 4.05. The molecule has 0 radical (unpaired) electrons. The second-order valence-corrected chi connectivity index (χ2v) is 10.1. The van der Waals surface area contributed by atoms with Gasteiger partial charge in [-0.3, -0.25) is 9.11 Å². The van der Waals surface area contributed by atoms with Crippen LogP contribution in [0.2, 0.25) is 0 Å². The van der Waals surface area contributed by atoms with Gasteiger partial charge in [0.2, 0.25) is 0 Å². The van der Waals surface area contributed by atoms with Gasteiger partial charge >= 0.3 is 0 Å². The van der Waals surface area contributed by atoms with Gasteiger partial charge < -0.3 is 51.5 Å². The summed E-state index contributed by atoms with van der Waals surface area (Å²) in [6, 6.07) is 0. The van der Waals surface area contributed by atoms with Crippen molar-refractivity contribution in [1.82, 2.24) is 10.6 Å². The zero-order chi connectivity index (χ0) is 25.6. The molecule has 0 heterocycles. The molecule has 0 aromatic heterocycles. The van der Waals surface area contributed by atoms with Gasteiger partial charge in [0, 0.05) is 13.1 Å². The maximum absolute atomic E-state index is 10.4. The Hall–Kier alpha value is -0.580. The molecule has 0 aliphatic heterocycles. The van der Waals surface area contributed by atoms with Crippen LogP contribution < -0.4 is 10.6 Å². The van der Waals surface area contributed by atoms with Crippen molar-refractivity contribution in [3.63, 3.8) is 0 Å². The highest BCUT2D eigenvalue weighted by atomic mass is 32.2. The molecule has 0 spiro atoms. The fourth-order valence-electron chi connectivity index (χ4n) is 1.91. The molecule has 0 amide bonds. The van der Waals surface area contributed by atoms with E-state index in [4.69, 9.17) is 39.7 Å². The van der Waals surface area contributed by atoms with Crippen molar-refractivity contribution in [3.8, 4) is 0 Å². The van der Waals surface area contributed by atoms with Crippen molar-refractivity contribution in [2.24, 2.45) is 0 Å². The van der Waals surface area contributed by atoms with E-state index in [1.807, 2.05) is 0 Å². The summed E-state index contributed by atoms with van der Waals surface area (Å²) in [4.78, 5) is 0. The molecule has 12 N–H and O–H groups in total. The normalized spacial score (nSPS) is 15.1. The third kappa shape index (κ3) is 15.3. The van der Waals surface area contributed by atoms with Crippen LogP contribution in [0.5, 0.6) is 0 Å². The molecule has 0 aromatic rings. The zero-order valence-electron chi connectivity index (χ0n) is 17.1. The Morgan fingerprint density at radius 2 is 0.781 bits per heavy atom. The van der Waals surface area contributed by atoms with Crippen molar-refractivity contribution < 1.29 is 66.8 Å². The second-order valence-electron chi connectivity index (χ2n) is 7.08. The standard InChI is InChI=1S/2C7H17NO7S/c2*9-3-7(4-10,5-11)8-1-6(12)2-16(13,14)15/h2*6,8-12H,1-5H2,(H,13,14,15). The van der Waals surface area contributed by atoms with Crippen LogP contribution in [0.1, 0.15) is 0 Å². The average molecular weight is 519 g/mol. The summed E-state index contributed by atoms with van der Waals surface area (Å²) in [6.45, 7) is -4.12. The molecular weight excluding hydrogens is 484 g/mol. The van der Waals surface area contributed by atoms with Crippen LogP contribution in [0, 0.1) is 0 Å². The lowest BCUT2D eigenvalue weighted by atomic mass is 10.0. The Morgan fingerprint density at radius 3 is 0.938 bits per heavy atom. The highest BCUT2D eigenvalue weighted by molar-refractivity contribution is 7.86. The molecule has 18 heteroatoms. The maximum Gasteiger partial charge on any atom is 0.267 e. The molecule has 0 rings (SSSR count). The van der Waals surface area contributed by atoms with Gasteiger partial charge in [-0.1, -0.05) is 0 Å². The first kappa shape index (κ1) is 33.6. The maximum atomic E-state index is 10.4.